The number of hydrogen-bond donors (Lipinski definition) is 1. The van der Waals surface area contributed by atoms with Crippen molar-refractivity contribution in [1.29, 1.82) is 0 Å². The number of nitrogens with zero attached hydrogens (tertiary/aromatic N) is 2. The highest BCUT2D eigenvalue weighted by Crippen LogP contribution is 2.34. The number of rotatable bonds is 7. The number of halogens is 1. The standard InChI is InChI=1S/C26H26FN3O4/c1-33-23-11-6-4-9-20(23)25(31)28-19-12-13-24(34-2)22(16-19)30-15-7-14-29(26(30)32)17-18-8-3-5-10-21(18)27/h3-6,8-13,16H,7,14-15,17H2,1-2H3,(H,28,31). The molecule has 1 aliphatic rings. The largest absolute Gasteiger partial charge is 0.496 e. The van der Waals surface area contributed by atoms with Gasteiger partial charge in [0.25, 0.3) is 5.91 Å². The molecule has 1 fully saturated rings. The van der Waals surface area contributed by atoms with E-state index >= 15 is 0 Å². The van der Waals surface area contributed by atoms with Crippen LogP contribution in [-0.4, -0.2) is 44.1 Å². The predicted octanol–water partition coefficient (Wildman–Crippen LogP) is 4.93. The molecule has 1 N–H and O–H groups in total. The molecular weight excluding hydrogens is 437 g/mol. The molecule has 0 aliphatic carbocycles. The van der Waals surface area contributed by atoms with Crippen LogP contribution in [0.15, 0.2) is 66.7 Å². The third kappa shape index (κ3) is 4.80. The number of hydrogen-bond acceptors (Lipinski definition) is 4. The quantitative estimate of drug-likeness (QED) is 0.540. The SMILES string of the molecule is COc1ccccc1C(=O)Nc1ccc(OC)c(N2CCCN(Cc3ccccc3F)C2=O)c1. The molecule has 0 bridgehead atoms. The fourth-order valence-electron chi connectivity index (χ4n) is 3.99. The highest BCUT2D eigenvalue weighted by atomic mass is 19.1. The first kappa shape index (κ1) is 23.1. The van der Waals surface area contributed by atoms with Crippen LogP contribution in [-0.2, 0) is 6.54 Å². The zero-order valence-corrected chi connectivity index (χ0v) is 19.1. The summed E-state index contributed by atoms with van der Waals surface area (Å²) in [6.45, 7) is 1.18. The normalized spacial score (nSPS) is 13.6. The van der Waals surface area contributed by atoms with Crippen molar-refractivity contribution in [2.24, 2.45) is 0 Å². The Morgan fingerprint density at radius 1 is 0.971 bits per heavy atom. The molecule has 3 amide bonds. The molecule has 1 aliphatic heterocycles. The third-order valence-electron chi connectivity index (χ3n) is 5.71. The summed E-state index contributed by atoms with van der Waals surface area (Å²) >= 11 is 0. The van der Waals surface area contributed by atoms with Gasteiger partial charge in [0.2, 0.25) is 0 Å². The molecule has 176 valence electrons. The Labute approximate surface area is 197 Å². The van der Waals surface area contributed by atoms with E-state index < -0.39 is 0 Å². The Morgan fingerprint density at radius 2 is 1.71 bits per heavy atom. The van der Waals surface area contributed by atoms with Gasteiger partial charge in [-0.05, 0) is 42.8 Å². The van der Waals surface area contributed by atoms with E-state index in [1.807, 2.05) is 0 Å². The Morgan fingerprint density at radius 3 is 2.47 bits per heavy atom. The summed E-state index contributed by atoms with van der Waals surface area (Å²) < 4.78 is 24.9. The minimum Gasteiger partial charge on any atom is -0.496 e. The summed E-state index contributed by atoms with van der Waals surface area (Å²) in [5.41, 5.74) is 1.89. The van der Waals surface area contributed by atoms with Gasteiger partial charge in [-0.15, -0.1) is 0 Å². The van der Waals surface area contributed by atoms with Gasteiger partial charge in [0, 0.05) is 24.3 Å². The Hall–Kier alpha value is -4.07. The second-order valence-corrected chi connectivity index (χ2v) is 7.84. The summed E-state index contributed by atoms with van der Waals surface area (Å²) in [5, 5.41) is 2.86. The van der Waals surface area contributed by atoms with Crippen LogP contribution in [0, 0.1) is 5.82 Å². The monoisotopic (exact) mass is 463 g/mol. The number of methoxy groups -OCH3 is 2. The van der Waals surface area contributed by atoms with Crippen molar-refractivity contribution in [2.75, 3.05) is 37.5 Å². The first-order chi connectivity index (χ1) is 16.5. The van der Waals surface area contributed by atoms with Crippen LogP contribution in [0.1, 0.15) is 22.3 Å². The van der Waals surface area contributed by atoms with Crippen LogP contribution in [0.4, 0.5) is 20.6 Å². The van der Waals surface area contributed by atoms with E-state index in [1.54, 1.807) is 70.5 Å². The average molecular weight is 464 g/mol. The summed E-state index contributed by atoms with van der Waals surface area (Å²) in [4.78, 5) is 29.4. The number of amides is 3. The Kier molecular flexibility index (Phi) is 6.96. The zero-order valence-electron chi connectivity index (χ0n) is 19.1. The molecule has 0 unspecified atom stereocenters. The maximum absolute atomic E-state index is 14.2. The van der Waals surface area contributed by atoms with E-state index in [0.717, 1.165) is 0 Å². The predicted molar refractivity (Wildman–Crippen MR) is 128 cm³/mol. The van der Waals surface area contributed by atoms with Gasteiger partial charge in [-0.1, -0.05) is 30.3 Å². The summed E-state index contributed by atoms with van der Waals surface area (Å²) in [7, 11) is 3.03. The van der Waals surface area contributed by atoms with E-state index in [4.69, 9.17) is 9.47 Å². The summed E-state index contributed by atoms with van der Waals surface area (Å²) in [6, 6.07) is 18.2. The van der Waals surface area contributed by atoms with E-state index in [2.05, 4.69) is 5.32 Å². The molecule has 4 rings (SSSR count). The van der Waals surface area contributed by atoms with Crippen molar-refractivity contribution in [2.45, 2.75) is 13.0 Å². The lowest BCUT2D eigenvalue weighted by molar-refractivity contribution is 0.102. The van der Waals surface area contributed by atoms with Gasteiger partial charge in [0.15, 0.2) is 0 Å². The van der Waals surface area contributed by atoms with Gasteiger partial charge < -0.3 is 19.7 Å². The van der Waals surface area contributed by atoms with Gasteiger partial charge in [0.05, 0.1) is 32.0 Å². The first-order valence-electron chi connectivity index (χ1n) is 10.9. The van der Waals surface area contributed by atoms with Gasteiger partial charge in [0.1, 0.15) is 17.3 Å². The van der Waals surface area contributed by atoms with E-state index in [9.17, 15) is 14.0 Å². The topological polar surface area (TPSA) is 71.1 Å². The Bertz CT molecular complexity index is 1200. The van der Waals surface area contributed by atoms with Gasteiger partial charge in [-0.3, -0.25) is 9.69 Å². The highest BCUT2D eigenvalue weighted by Gasteiger charge is 2.29. The van der Waals surface area contributed by atoms with Crippen molar-refractivity contribution in [3.05, 3.63) is 83.7 Å². The van der Waals surface area contributed by atoms with Crippen LogP contribution in [0.5, 0.6) is 11.5 Å². The second kappa shape index (κ2) is 10.2. The lowest BCUT2D eigenvalue weighted by atomic mass is 10.1. The minimum atomic E-state index is -0.342. The molecule has 0 radical (unpaired) electrons. The third-order valence-corrected chi connectivity index (χ3v) is 5.71. The van der Waals surface area contributed by atoms with E-state index in [-0.39, 0.29) is 24.3 Å². The molecule has 0 saturated carbocycles. The molecule has 1 heterocycles. The van der Waals surface area contributed by atoms with Crippen molar-refractivity contribution in [3.8, 4) is 11.5 Å². The number of urea groups is 1. The molecule has 0 aromatic heterocycles. The maximum Gasteiger partial charge on any atom is 0.324 e. The van der Waals surface area contributed by atoms with E-state index in [0.29, 0.717) is 53.5 Å². The molecule has 3 aromatic rings. The van der Waals surface area contributed by atoms with Gasteiger partial charge >= 0.3 is 6.03 Å². The molecule has 8 heteroatoms. The lowest BCUT2D eigenvalue weighted by Crippen LogP contribution is -2.49. The number of para-hydroxylation sites is 1. The van der Waals surface area contributed by atoms with Crippen molar-refractivity contribution >= 4 is 23.3 Å². The number of nitrogens with one attached hydrogen (secondary N) is 1. The van der Waals surface area contributed by atoms with Crippen LogP contribution < -0.4 is 19.7 Å². The fraction of sp³-hybridized carbons (Fsp3) is 0.231. The molecule has 34 heavy (non-hydrogen) atoms. The molecule has 0 atom stereocenters. The molecule has 7 nitrogen and oxygen atoms in total. The number of anilines is 2. The van der Waals surface area contributed by atoms with Crippen molar-refractivity contribution in [3.63, 3.8) is 0 Å². The smallest absolute Gasteiger partial charge is 0.324 e. The van der Waals surface area contributed by atoms with Crippen LogP contribution in [0.25, 0.3) is 0 Å². The van der Waals surface area contributed by atoms with Crippen LogP contribution >= 0.6 is 0 Å². The first-order valence-corrected chi connectivity index (χ1v) is 10.9. The van der Waals surface area contributed by atoms with Crippen molar-refractivity contribution < 1.29 is 23.5 Å². The lowest BCUT2D eigenvalue weighted by Gasteiger charge is -2.36. The fourth-order valence-corrected chi connectivity index (χ4v) is 3.99. The van der Waals surface area contributed by atoms with E-state index in [1.165, 1.54) is 20.3 Å². The summed E-state index contributed by atoms with van der Waals surface area (Å²) in [5.74, 6) is 0.283. The van der Waals surface area contributed by atoms with Crippen LogP contribution in [0.3, 0.4) is 0 Å². The number of carbonyl (C=O) groups is 2. The molecular formula is C26H26FN3O4. The van der Waals surface area contributed by atoms with Gasteiger partial charge in [-0.25, -0.2) is 9.18 Å². The molecule has 3 aromatic carbocycles. The Balaban J connectivity index is 1.58. The minimum absolute atomic E-state index is 0.175. The molecule has 1 saturated heterocycles. The highest BCUT2D eigenvalue weighted by molar-refractivity contribution is 6.06. The molecule has 0 spiro atoms. The van der Waals surface area contributed by atoms with Crippen LogP contribution in [0.2, 0.25) is 0 Å². The number of benzene rings is 3. The number of ether oxygens (including phenoxy) is 2. The number of carbonyl (C=O) groups excluding carboxylic acids is 2. The second-order valence-electron chi connectivity index (χ2n) is 7.84. The summed E-state index contributed by atoms with van der Waals surface area (Å²) in [6.07, 6.45) is 0.709. The van der Waals surface area contributed by atoms with Gasteiger partial charge in [-0.2, -0.15) is 0 Å². The van der Waals surface area contributed by atoms with Crippen molar-refractivity contribution in [1.82, 2.24) is 4.90 Å². The zero-order chi connectivity index (χ0) is 24.1. The average Bonchev–Trinajstić information content (AvgIpc) is 2.86. The maximum atomic E-state index is 14.2.